The maximum atomic E-state index is 11.5. The number of amides is 1. The molecular formula is C8H9ClN2O3S. The lowest BCUT2D eigenvalue weighted by atomic mass is 10.4. The van der Waals surface area contributed by atoms with Gasteiger partial charge >= 0.3 is 0 Å². The van der Waals surface area contributed by atoms with E-state index in [1.54, 1.807) is 0 Å². The number of nitrogens with one attached hydrogen (secondary N) is 2. The highest BCUT2D eigenvalue weighted by Gasteiger charge is 2.25. The van der Waals surface area contributed by atoms with Gasteiger partial charge in [-0.3, -0.25) is 4.79 Å². The largest absolute Gasteiger partial charge is 0.356 e. The van der Waals surface area contributed by atoms with E-state index in [-0.39, 0.29) is 22.5 Å². The third-order valence-corrected chi connectivity index (χ3v) is 3.43. The summed E-state index contributed by atoms with van der Waals surface area (Å²) in [6.07, 6.45) is 3.16. The van der Waals surface area contributed by atoms with Gasteiger partial charge < -0.3 is 10.3 Å². The first-order chi connectivity index (χ1) is 6.97. The Kier molecular flexibility index (Phi) is 2.47. The zero-order valence-corrected chi connectivity index (χ0v) is 9.23. The van der Waals surface area contributed by atoms with Gasteiger partial charge in [-0.2, -0.15) is 0 Å². The van der Waals surface area contributed by atoms with Crippen molar-refractivity contribution in [2.45, 2.75) is 23.8 Å². The maximum Gasteiger partial charge on any atom is 0.267 e. The third kappa shape index (κ3) is 2.51. The van der Waals surface area contributed by atoms with Crippen LogP contribution in [0, 0.1) is 0 Å². The van der Waals surface area contributed by atoms with E-state index in [1.807, 2.05) is 0 Å². The molecule has 2 rings (SSSR count). The van der Waals surface area contributed by atoms with Crippen LogP contribution in [0.2, 0.25) is 0 Å². The first kappa shape index (κ1) is 10.5. The van der Waals surface area contributed by atoms with E-state index in [0.717, 1.165) is 12.8 Å². The molecule has 0 spiro atoms. The number of carbonyl (C=O) groups excluding carboxylic acids is 1. The third-order valence-electron chi connectivity index (χ3n) is 2.10. The predicted molar refractivity (Wildman–Crippen MR) is 54.3 cm³/mol. The molecule has 0 atom stereocenters. The predicted octanol–water partition coefficient (Wildman–Crippen LogP) is 0.834. The van der Waals surface area contributed by atoms with Crippen LogP contribution in [0.4, 0.5) is 0 Å². The molecule has 0 radical (unpaired) electrons. The van der Waals surface area contributed by atoms with Gasteiger partial charge in [0.25, 0.3) is 15.0 Å². The van der Waals surface area contributed by atoms with Gasteiger partial charge in [0.2, 0.25) is 0 Å². The number of aromatic nitrogens is 1. The summed E-state index contributed by atoms with van der Waals surface area (Å²) in [5, 5.41) is 2.73. The van der Waals surface area contributed by atoms with Crippen LogP contribution in [0.3, 0.4) is 0 Å². The second-order valence-corrected chi connectivity index (χ2v) is 6.00. The van der Waals surface area contributed by atoms with Crippen LogP contribution in [-0.2, 0) is 9.05 Å². The fraction of sp³-hybridized carbons (Fsp3) is 0.375. The lowest BCUT2D eigenvalue weighted by Crippen LogP contribution is -2.25. The number of hydrogen-bond donors (Lipinski definition) is 2. The van der Waals surface area contributed by atoms with Crippen molar-refractivity contribution in [1.82, 2.24) is 10.3 Å². The molecule has 1 aliphatic rings. The number of carbonyl (C=O) groups is 1. The van der Waals surface area contributed by atoms with Crippen molar-refractivity contribution in [2.75, 3.05) is 0 Å². The first-order valence-electron chi connectivity index (χ1n) is 4.41. The average Bonchev–Trinajstić information content (AvgIpc) is 2.80. The molecule has 15 heavy (non-hydrogen) atoms. The molecule has 1 saturated carbocycles. The summed E-state index contributed by atoms with van der Waals surface area (Å²) in [6, 6.07) is 1.46. The Labute approximate surface area is 91.2 Å². The van der Waals surface area contributed by atoms with Crippen molar-refractivity contribution in [1.29, 1.82) is 0 Å². The van der Waals surface area contributed by atoms with Crippen LogP contribution in [0.15, 0.2) is 17.2 Å². The van der Waals surface area contributed by atoms with Gasteiger partial charge in [-0.05, 0) is 18.9 Å². The molecule has 0 aromatic carbocycles. The monoisotopic (exact) mass is 248 g/mol. The van der Waals surface area contributed by atoms with Gasteiger partial charge in [0.1, 0.15) is 10.6 Å². The van der Waals surface area contributed by atoms with Crippen LogP contribution in [0.5, 0.6) is 0 Å². The summed E-state index contributed by atoms with van der Waals surface area (Å²) in [4.78, 5) is 13.9. The number of rotatable bonds is 3. The average molecular weight is 249 g/mol. The van der Waals surface area contributed by atoms with E-state index in [2.05, 4.69) is 10.3 Å². The zero-order chi connectivity index (χ0) is 11.1. The van der Waals surface area contributed by atoms with Gasteiger partial charge in [-0.25, -0.2) is 8.42 Å². The minimum absolute atomic E-state index is 0.0925. The van der Waals surface area contributed by atoms with Gasteiger partial charge in [-0.1, -0.05) is 0 Å². The Hall–Kier alpha value is -1.01. The van der Waals surface area contributed by atoms with Crippen molar-refractivity contribution < 1.29 is 13.2 Å². The Morgan fingerprint density at radius 1 is 1.53 bits per heavy atom. The maximum absolute atomic E-state index is 11.5. The molecule has 1 amide bonds. The Balaban J connectivity index is 2.15. The molecule has 82 valence electrons. The van der Waals surface area contributed by atoms with Gasteiger partial charge in [0.05, 0.1) is 0 Å². The molecule has 0 unspecified atom stereocenters. The van der Waals surface area contributed by atoms with Crippen LogP contribution < -0.4 is 5.32 Å². The van der Waals surface area contributed by atoms with Crippen molar-refractivity contribution in [3.8, 4) is 0 Å². The van der Waals surface area contributed by atoms with E-state index >= 15 is 0 Å². The van der Waals surface area contributed by atoms with Crippen molar-refractivity contribution in [3.63, 3.8) is 0 Å². The van der Waals surface area contributed by atoms with Crippen LogP contribution in [-0.4, -0.2) is 25.4 Å². The Morgan fingerprint density at radius 2 is 2.20 bits per heavy atom. The summed E-state index contributed by atoms with van der Waals surface area (Å²) < 4.78 is 21.8. The fourth-order valence-electron chi connectivity index (χ4n) is 1.14. The lowest BCUT2D eigenvalue weighted by molar-refractivity contribution is 0.0946. The van der Waals surface area contributed by atoms with E-state index in [0.29, 0.717) is 0 Å². The van der Waals surface area contributed by atoms with Crippen molar-refractivity contribution in [3.05, 3.63) is 18.0 Å². The Bertz CT molecular complexity index is 490. The minimum Gasteiger partial charge on any atom is -0.356 e. The molecule has 7 heteroatoms. The van der Waals surface area contributed by atoms with Crippen molar-refractivity contribution >= 4 is 25.6 Å². The smallest absolute Gasteiger partial charge is 0.267 e. The summed E-state index contributed by atoms with van der Waals surface area (Å²) in [6.45, 7) is 0. The van der Waals surface area contributed by atoms with E-state index < -0.39 is 9.05 Å². The first-order valence-corrected chi connectivity index (χ1v) is 6.72. The molecule has 2 N–H and O–H groups in total. The van der Waals surface area contributed by atoms with Crippen LogP contribution in [0.25, 0.3) is 0 Å². The number of halogens is 1. The molecule has 0 aliphatic heterocycles. The summed E-state index contributed by atoms with van der Waals surface area (Å²) in [5.41, 5.74) is 0.209. The van der Waals surface area contributed by atoms with Gasteiger partial charge in [-0.15, -0.1) is 0 Å². The topological polar surface area (TPSA) is 79.0 Å². The minimum atomic E-state index is -3.77. The number of H-pyrrole nitrogens is 1. The van der Waals surface area contributed by atoms with E-state index in [1.165, 1.54) is 12.3 Å². The molecule has 1 aliphatic carbocycles. The molecule has 0 saturated heterocycles. The fourth-order valence-corrected chi connectivity index (χ4v) is 1.86. The summed E-state index contributed by atoms with van der Waals surface area (Å²) >= 11 is 0. The summed E-state index contributed by atoms with van der Waals surface area (Å²) in [7, 11) is 1.35. The second-order valence-electron chi connectivity index (χ2n) is 3.43. The van der Waals surface area contributed by atoms with E-state index in [4.69, 9.17) is 10.7 Å². The normalized spacial score (nSPS) is 16.3. The molecular weight excluding hydrogens is 240 g/mol. The standard InChI is InChI=1S/C8H9ClN2O3S/c9-15(13,14)6-3-7(10-4-6)8(12)11-5-1-2-5/h3-5,10H,1-2H2,(H,11,12). The number of hydrogen-bond acceptors (Lipinski definition) is 3. The molecule has 1 aromatic heterocycles. The highest BCUT2D eigenvalue weighted by molar-refractivity contribution is 8.13. The number of aromatic amines is 1. The highest BCUT2D eigenvalue weighted by Crippen LogP contribution is 2.20. The molecule has 1 aromatic rings. The zero-order valence-electron chi connectivity index (χ0n) is 7.66. The van der Waals surface area contributed by atoms with Gasteiger partial charge in [0, 0.05) is 22.9 Å². The second kappa shape index (κ2) is 3.53. The molecule has 1 fully saturated rings. The van der Waals surface area contributed by atoms with Gasteiger partial charge in [0.15, 0.2) is 0 Å². The molecule has 0 bridgehead atoms. The summed E-state index contributed by atoms with van der Waals surface area (Å²) in [5.74, 6) is -0.302. The SMILES string of the molecule is O=C(NC1CC1)c1cc(S(=O)(=O)Cl)c[nH]1. The Morgan fingerprint density at radius 3 is 2.67 bits per heavy atom. The molecule has 1 heterocycles. The quantitative estimate of drug-likeness (QED) is 0.778. The van der Waals surface area contributed by atoms with Crippen molar-refractivity contribution in [2.24, 2.45) is 0 Å². The molecule has 5 nitrogen and oxygen atoms in total. The van der Waals surface area contributed by atoms with Crippen LogP contribution >= 0.6 is 10.7 Å². The van der Waals surface area contributed by atoms with Crippen LogP contribution in [0.1, 0.15) is 23.3 Å². The lowest BCUT2D eigenvalue weighted by Gasteiger charge is -1.98. The highest BCUT2D eigenvalue weighted by atomic mass is 35.7. The van der Waals surface area contributed by atoms with E-state index in [9.17, 15) is 13.2 Å².